The molecule has 2 aliphatic heterocycles. The minimum atomic E-state index is -0.223. The van der Waals surface area contributed by atoms with Gasteiger partial charge in [0.2, 0.25) is 0 Å². The fourth-order valence-electron chi connectivity index (χ4n) is 3.72. The van der Waals surface area contributed by atoms with Gasteiger partial charge in [0, 0.05) is 36.9 Å². The van der Waals surface area contributed by atoms with Gasteiger partial charge in [0.15, 0.2) is 0 Å². The number of esters is 1. The molecule has 2 aliphatic rings. The minimum absolute atomic E-state index is 0.00843. The third kappa shape index (κ3) is 4.55. The van der Waals surface area contributed by atoms with Crippen molar-refractivity contribution in [2.75, 3.05) is 44.4 Å². The van der Waals surface area contributed by atoms with E-state index in [4.69, 9.17) is 9.47 Å². The van der Waals surface area contributed by atoms with E-state index in [2.05, 4.69) is 4.90 Å². The van der Waals surface area contributed by atoms with Gasteiger partial charge in [-0.25, -0.2) is 0 Å². The van der Waals surface area contributed by atoms with Crippen LogP contribution in [0.4, 0.5) is 5.69 Å². The van der Waals surface area contributed by atoms with Crippen LogP contribution in [0.5, 0.6) is 0 Å². The molecule has 0 N–H and O–H groups in total. The topological polar surface area (TPSA) is 59.1 Å². The molecule has 0 spiro atoms. The number of ether oxygens (including phenoxy) is 2. The highest BCUT2D eigenvalue weighted by Gasteiger charge is 2.30. The number of likely N-dealkylation sites (tertiary alicyclic amines) is 1. The number of morpholine rings is 1. The maximum Gasteiger partial charge on any atom is 0.307 e. The maximum absolute atomic E-state index is 13.1. The fourth-order valence-corrected chi connectivity index (χ4v) is 3.72. The van der Waals surface area contributed by atoms with Gasteiger partial charge in [-0.05, 0) is 44.4 Å². The molecule has 0 saturated carbocycles. The summed E-state index contributed by atoms with van der Waals surface area (Å²) in [5, 5.41) is 0. The average Bonchev–Trinajstić information content (AvgIpc) is 2.69. The van der Waals surface area contributed by atoms with Crippen LogP contribution in [0.3, 0.4) is 0 Å². The van der Waals surface area contributed by atoms with Crippen molar-refractivity contribution in [1.29, 1.82) is 0 Å². The number of rotatable bonds is 5. The standard InChI is InChI=1S/C20H28N2O4/c1-2-26-19(23)15-18-7-3-4-9-22(18)20(24)16-6-5-8-17(14-16)21-10-12-25-13-11-21/h5-6,8,14,18H,2-4,7,9-13,15H2,1H3/t18-/m1/s1. The Morgan fingerprint density at radius 1 is 1.19 bits per heavy atom. The van der Waals surface area contributed by atoms with E-state index in [0.717, 1.165) is 38.0 Å². The predicted molar refractivity (Wildman–Crippen MR) is 99.4 cm³/mol. The average molecular weight is 360 g/mol. The van der Waals surface area contributed by atoms with Gasteiger partial charge in [-0.3, -0.25) is 9.59 Å². The van der Waals surface area contributed by atoms with Crippen LogP contribution in [-0.4, -0.2) is 62.3 Å². The Balaban J connectivity index is 1.72. The first-order valence-corrected chi connectivity index (χ1v) is 9.58. The van der Waals surface area contributed by atoms with E-state index in [9.17, 15) is 9.59 Å². The van der Waals surface area contributed by atoms with Crippen LogP contribution in [-0.2, 0) is 14.3 Å². The zero-order chi connectivity index (χ0) is 18.4. The van der Waals surface area contributed by atoms with E-state index in [0.29, 0.717) is 31.9 Å². The molecule has 2 saturated heterocycles. The first kappa shape index (κ1) is 18.7. The molecular weight excluding hydrogens is 332 g/mol. The second kappa shape index (κ2) is 9.03. The smallest absolute Gasteiger partial charge is 0.307 e. The fraction of sp³-hybridized carbons (Fsp3) is 0.600. The van der Waals surface area contributed by atoms with Crippen molar-refractivity contribution in [1.82, 2.24) is 4.90 Å². The molecule has 0 bridgehead atoms. The molecule has 0 unspecified atom stereocenters. The summed E-state index contributed by atoms with van der Waals surface area (Å²) in [4.78, 5) is 29.1. The molecule has 26 heavy (non-hydrogen) atoms. The van der Waals surface area contributed by atoms with Crippen molar-refractivity contribution in [2.45, 2.75) is 38.6 Å². The largest absolute Gasteiger partial charge is 0.466 e. The molecule has 1 atom stereocenters. The number of carbonyl (C=O) groups excluding carboxylic acids is 2. The number of hydrogen-bond acceptors (Lipinski definition) is 5. The van der Waals surface area contributed by atoms with E-state index in [1.54, 1.807) is 6.92 Å². The number of amides is 1. The van der Waals surface area contributed by atoms with Crippen LogP contribution < -0.4 is 4.90 Å². The number of anilines is 1. The molecular formula is C20H28N2O4. The summed E-state index contributed by atoms with van der Waals surface area (Å²) in [6.45, 7) is 5.99. The van der Waals surface area contributed by atoms with Gasteiger partial charge in [-0.15, -0.1) is 0 Å². The van der Waals surface area contributed by atoms with E-state index < -0.39 is 0 Å². The van der Waals surface area contributed by atoms with Gasteiger partial charge in [0.1, 0.15) is 0 Å². The quantitative estimate of drug-likeness (QED) is 0.755. The Morgan fingerprint density at radius 2 is 2.00 bits per heavy atom. The molecule has 0 aromatic heterocycles. The second-order valence-corrected chi connectivity index (χ2v) is 6.81. The lowest BCUT2D eigenvalue weighted by Crippen LogP contribution is -2.45. The Labute approximate surface area is 155 Å². The van der Waals surface area contributed by atoms with Crippen molar-refractivity contribution < 1.29 is 19.1 Å². The van der Waals surface area contributed by atoms with E-state index >= 15 is 0 Å². The number of piperidine rings is 1. The summed E-state index contributed by atoms with van der Waals surface area (Å²) in [7, 11) is 0. The zero-order valence-corrected chi connectivity index (χ0v) is 15.5. The Kier molecular flexibility index (Phi) is 6.50. The van der Waals surface area contributed by atoms with Crippen molar-refractivity contribution >= 4 is 17.6 Å². The van der Waals surface area contributed by atoms with Crippen LogP contribution >= 0.6 is 0 Å². The van der Waals surface area contributed by atoms with Crippen molar-refractivity contribution in [2.24, 2.45) is 0 Å². The molecule has 1 aromatic rings. The van der Waals surface area contributed by atoms with Gasteiger partial charge in [0.25, 0.3) is 5.91 Å². The minimum Gasteiger partial charge on any atom is -0.466 e. The normalized spacial score (nSPS) is 20.7. The highest BCUT2D eigenvalue weighted by molar-refractivity contribution is 5.95. The lowest BCUT2D eigenvalue weighted by atomic mass is 9.98. The Bertz CT molecular complexity index is 628. The lowest BCUT2D eigenvalue weighted by molar-refractivity contribution is -0.144. The molecule has 6 heteroatoms. The van der Waals surface area contributed by atoms with E-state index in [-0.39, 0.29) is 24.3 Å². The third-order valence-corrected chi connectivity index (χ3v) is 5.06. The van der Waals surface area contributed by atoms with Gasteiger partial charge in [0.05, 0.1) is 26.2 Å². The van der Waals surface area contributed by atoms with Crippen LogP contribution in [0, 0.1) is 0 Å². The molecule has 6 nitrogen and oxygen atoms in total. The summed E-state index contributed by atoms with van der Waals surface area (Å²) in [5.74, 6) is -0.214. The van der Waals surface area contributed by atoms with Gasteiger partial charge < -0.3 is 19.3 Å². The predicted octanol–water partition coefficient (Wildman–Crippen LogP) is 2.47. The molecule has 1 amide bonds. The zero-order valence-electron chi connectivity index (χ0n) is 15.5. The van der Waals surface area contributed by atoms with Crippen molar-refractivity contribution in [3.05, 3.63) is 29.8 Å². The second-order valence-electron chi connectivity index (χ2n) is 6.81. The molecule has 2 heterocycles. The highest BCUT2D eigenvalue weighted by atomic mass is 16.5. The molecule has 0 radical (unpaired) electrons. The highest BCUT2D eigenvalue weighted by Crippen LogP contribution is 2.24. The van der Waals surface area contributed by atoms with Crippen LogP contribution in [0.15, 0.2) is 24.3 Å². The lowest BCUT2D eigenvalue weighted by Gasteiger charge is -2.35. The monoisotopic (exact) mass is 360 g/mol. The van der Waals surface area contributed by atoms with Crippen LogP contribution in [0.25, 0.3) is 0 Å². The molecule has 0 aliphatic carbocycles. The van der Waals surface area contributed by atoms with E-state index in [1.807, 2.05) is 29.2 Å². The summed E-state index contributed by atoms with van der Waals surface area (Å²) >= 11 is 0. The number of carbonyl (C=O) groups is 2. The number of nitrogens with zero attached hydrogens (tertiary/aromatic N) is 2. The first-order chi connectivity index (χ1) is 12.7. The molecule has 1 aromatic carbocycles. The molecule has 3 rings (SSSR count). The van der Waals surface area contributed by atoms with Gasteiger partial charge in [-0.1, -0.05) is 6.07 Å². The summed E-state index contributed by atoms with van der Waals surface area (Å²) in [5.41, 5.74) is 1.74. The Hall–Kier alpha value is -2.08. The SMILES string of the molecule is CCOC(=O)C[C@H]1CCCCN1C(=O)c1cccc(N2CCOCC2)c1. The Morgan fingerprint density at radius 3 is 2.77 bits per heavy atom. The van der Waals surface area contributed by atoms with Crippen LogP contribution in [0.1, 0.15) is 43.0 Å². The first-order valence-electron chi connectivity index (χ1n) is 9.58. The van der Waals surface area contributed by atoms with Gasteiger partial charge >= 0.3 is 5.97 Å². The third-order valence-electron chi connectivity index (χ3n) is 5.06. The van der Waals surface area contributed by atoms with Crippen molar-refractivity contribution in [3.63, 3.8) is 0 Å². The van der Waals surface area contributed by atoms with Crippen LogP contribution in [0.2, 0.25) is 0 Å². The molecule has 142 valence electrons. The molecule has 2 fully saturated rings. The number of hydrogen-bond donors (Lipinski definition) is 0. The van der Waals surface area contributed by atoms with E-state index in [1.165, 1.54) is 0 Å². The summed E-state index contributed by atoms with van der Waals surface area (Å²) < 4.78 is 10.5. The summed E-state index contributed by atoms with van der Waals surface area (Å²) in [6, 6.07) is 7.73. The number of benzene rings is 1. The summed E-state index contributed by atoms with van der Waals surface area (Å²) in [6.07, 6.45) is 3.16. The van der Waals surface area contributed by atoms with Gasteiger partial charge in [-0.2, -0.15) is 0 Å². The van der Waals surface area contributed by atoms with Crippen molar-refractivity contribution in [3.8, 4) is 0 Å². The maximum atomic E-state index is 13.1.